The summed E-state index contributed by atoms with van der Waals surface area (Å²) in [6, 6.07) is 4.12. The van der Waals surface area contributed by atoms with E-state index >= 15 is 0 Å². The van der Waals surface area contributed by atoms with Gasteiger partial charge in [-0.1, -0.05) is 0 Å². The van der Waals surface area contributed by atoms with E-state index in [9.17, 15) is 0 Å². The molecule has 0 spiro atoms. The van der Waals surface area contributed by atoms with Gasteiger partial charge in [0.15, 0.2) is 0 Å². The number of rotatable bonds is 2. The molecule has 2 fully saturated rings. The minimum Gasteiger partial charge on any atom is -0.356 e. The third-order valence-electron chi connectivity index (χ3n) is 3.68. The fourth-order valence-electron chi connectivity index (χ4n) is 2.74. The molecule has 2 heterocycles. The van der Waals surface area contributed by atoms with Crippen LogP contribution in [0.1, 0.15) is 0 Å². The fourth-order valence-corrected chi connectivity index (χ4v) is 2.98. The van der Waals surface area contributed by atoms with E-state index in [1.54, 1.807) is 0 Å². The number of halogens is 1. The molecule has 2 N–H and O–H groups in total. The first kappa shape index (κ1) is 9.60. The van der Waals surface area contributed by atoms with Crippen LogP contribution >= 0.6 is 15.9 Å². The molecule has 0 aromatic carbocycles. The number of aromatic nitrogens is 1. The molecule has 1 aromatic rings. The standard InChI is InChI=1S/C11H14BrN3/c12-7-1-2-11(14-4-7)15-5-9-8(3-13)10(9)6-15/h1-2,4,8-10H,3,5-6,13H2. The summed E-state index contributed by atoms with van der Waals surface area (Å²) in [5, 5.41) is 0. The largest absolute Gasteiger partial charge is 0.356 e. The number of hydrogen-bond donors (Lipinski definition) is 1. The Balaban J connectivity index is 1.69. The van der Waals surface area contributed by atoms with E-state index in [0.717, 1.165) is 47.7 Å². The van der Waals surface area contributed by atoms with Crippen molar-refractivity contribution in [3.8, 4) is 0 Å². The lowest BCUT2D eigenvalue weighted by atomic mass is 10.2. The van der Waals surface area contributed by atoms with E-state index in [1.807, 2.05) is 12.3 Å². The monoisotopic (exact) mass is 267 g/mol. The maximum atomic E-state index is 5.69. The number of nitrogens with zero attached hydrogens (tertiary/aromatic N) is 2. The van der Waals surface area contributed by atoms with Crippen molar-refractivity contribution in [3.63, 3.8) is 0 Å². The molecule has 3 nitrogen and oxygen atoms in total. The molecule has 4 heteroatoms. The molecule has 0 amide bonds. The molecule has 2 unspecified atom stereocenters. The maximum absolute atomic E-state index is 5.69. The Morgan fingerprint density at radius 2 is 2.13 bits per heavy atom. The SMILES string of the molecule is NCC1C2CN(c3ccc(Br)cn3)CC12. The first-order valence-corrected chi connectivity index (χ1v) is 6.15. The normalized spacial score (nSPS) is 32.9. The highest BCUT2D eigenvalue weighted by Crippen LogP contribution is 2.51. The minimum atomic E-state index is 0.789. The van der Waals surface area contributed by atoms with Crippen LogP contribution in [0.25, 0.3) is 0 Å². The highest BCUT2D eigenvalue weighted by Gasteiger charge is 2.54. The zero-order valence-electron chi connectivity index (χ0n) is 8.44. The molecule has 0 bridgehead atoms. The second-order valence-electron chi connectivity index (χ2n) is 4.47. The zero-order chi connectivity index (χ0) is 10.4. The van der Waals surface area contributed by atoms with Crippen molar-refractivity contribution < 1.29 is 0 Å². The van der Waals surface area contributed by atoms with Gasteiger partial charge in [-0.2, -0.15) is 0 Å². The molecule has 1 aliphatic heterocycles. The molecule has 1 saturated heterocycles. The Labute approximate surface area is 97.8 Å². The summed E-state index contributed by atoms with van der Waals surface area (Å²) in [4.78, 5) is 6.78. The summed E-state index contributed by atoms with van der Waals surface area (Å²) in [5.74, 6) is 3.55. The Kier molecular flexibility index (Phi) is 2.21. The van der Waals surface area contributed by atoms with Gasteiger partial charge in [0.25, 0.3) is 0 Å². The van der Waals surface area contributed by atoms with E-state index in [-0.39, 0.29) is 0 Å². The van der Waals surface area contributed by atoms with Crippen molar-refractivity contribution >= 4 is 21.7 Å². The molecular weight excluding hydrogens is 254 g/mol. The topological polar surface area (TPSA) is 42.1 Å². The van der Waals surface area contributed by atoms with Crippen molar-refractivity contribution in [2.45, 2.75) is 0 Å². The van der Waals surface area contributed by atoms with E-state index in [4.69, 9.17) is 5.73 Å². The highest BCUT2D eigenvalue weighted by atomic mass is 79.9. The predicted molar refractivity (Wildman–Crippen MR) is 63.7 cm³/mol. The van der Waals surface area contributed by atoms with Gasteiger partial charge in [-0.25, -0.2) is 4.98 Å². The first-order chi connectivity index (χ1) is 7.29. The summed E-state index contributed by atoms with van der Waals surface area (Å²) in [6.07, 6.45) is 1.86. The molecule has 3 rings (SSSR count). The van der Waals surface area contributed by atoms with Gasteiger partial charge in [0.05, 0.1) is 0 Å². The Bertz CT molecular complexity index is 353. The summed E-state index contributed by atoms with van der Waals surface area (Å²) >= 11 is 3.40. The average molecular weight is 268 g/mol. The predicted octanol–water partition coefficient (Wildman–Crippen LogP) is 1.48. The van der Waals surface area contributed by atoms with Crippen molar-refractivity contribution in [1.29, 1.82) is 0 Å². The van der Waals surface area contributed by atoms with Gasteiger partial charge in [0.1, 0.15) is 5.82 Å². The first-order valence-electron chi connectivity index (χ1n) is 5.36. The van der Waals surface area contributed by atoms with Crippen LogP contribution in [-0.2, 0) is 0 Å². The van der Waals surface area contributed by atoms with Crippen molar-refractivity contribution in [3.05, 3.63) is 22.8 Å². The van der Waals surface area contributed by atoms with E-state index in [2.05, 4.69) is 31.9 Å². The quantitative estimate of drug-likeness (QED) is 0.883. The molecule has 80 valence electrons. The minimum absolute atomic E-state index is 0.789. The van der Waals surface area contributed by atoms with Gasteiger partial charge >= 0.3 is 0 Å². The number of nitrogens with two attached hydrogens (primary N) is 1. The maximum Gasteiger partial charge on any atom is 0.128 e. The van der Waals surface area contributed by atoms with Crippen molar-refractivity contribution in [2.75, 3.05) is 24.5 Å². The smallest absolute Gasteiger partial charge is 0.128 e. The van der Waals surface area contributed by atoms with Crippen LogP contribution in [0.2, 0.25) is 0 Å². The summed E-state index contributed by atoms with van der Waals surface area (Å²) < 4.78 is 1.04. The van der Waals surface area contributed by atoms with Gasteiger partial charge < -0.3 is 10.6 Å². The van der Waals surface area contributed by atoms with Crippen LogP contribution in [0.15, 0.2) is 22.8 Å². The number of pyridine rings is 1. The fraction of sp³-hybridized carbons (Fsp3) is 0.545. The lowest BCUT2D eigenvalue weighted by Crippen LogP contribution is -2.26. The second kappa shape index (κ2) is 3.46. The Hall–Kier alpha value is -0.610. The number of hydrogen-bond acceptors (Lipinski definition) is 3. The van der Waals surface area contributed by atoms with Gasteiger partial charge in [-0.15, -0.1) is 0 Å². The number of anilines is 1. The van der Waals surface area contributed by atoms with Crippen molar-refractivity contribution in [2.24, 2.45) is 23.5 Å². The van der Waals surface area contributed by atoms with Crippen LogP contribution in [0.4, 0.5) is 5.82 Å². The molecule has 0 radical (unpaired) electrons. The highest BCUT2D eigenvalue weighted by molar-refractivity contribution is 9.10. The van der Waals surface area contributed by atoms with Crippen LogP contribution < -0.4 is 10.6 Å². The third-order valence-corrected chi connectivity index (χ3v) is 4.15. The summed E-state index contributed by atoms with van der Waals surface area (Å²) in [7, 11) is 0. The molecule has 2 atom stereocenters. The number of fused-ring (bicyclic) bond motifs is 1. The Morgan fingerprint density at radius 1 is 1.40 bits per heavy atom. The van der Waals surface area contributed by atoms with E-state index in [1.165, 1.54) is 0 Å². The molecule has 1 saturated carbocycles. The molecule has 2 aliphatic rings. The number of piperidine rings is 1. The summed E-state index contributed by atoms with van der Waals surface area (Å²) in [6.45, 7) is 3.14. The van der Waals surface area contributed by atoms with Crippen LogP contribution in [0.3, 0.4) is 0 Å². The summed E-state index contributed by atoms with van der Waals surface area (Å²) in [5.41, 5.74) is 5.69. The molecule has 1 aromatic heterocycles. The van der Waals surface area contributed by atoms with Crippen LogP contribution in [-0.4, -0.2) is 24.6 Å². The third kappa shape index (κ3) is 1.56. The van der Waals surface area contributed by atoms with E-state index < -0.39 is 0 Å². The van der Waals surface area contributed by atoms with Crippen LogP contribution in [0.5, 0.6) is 0 Å². The second-order valence-corrected chi connectivity index (χ2v) is 5.38. The Morgan fingerprint density at radius 3 is 2.67 bits per heavy atom. The van der Waals surface area contributed by atoms with Gasteiger partial charge in [0, 0.05) is 23.8 Å². The van der Waals surface area contributed by atoms with Gasteiger partial charge in [0.2, 0.25) is 0 Å². The molecule has 15 heavy (non-hydrogen) atoms. The van der Waals surface area contributed by atoms with Gasteiger partial charge in [-0.05, 0) is 52.4 Å². The van der Waals surface area contributed by atoms with Gasteiger partial charge in [-0.3, -0.25) is 0 Å². The average Bonchev–Trinajstić information content (AvgIpc) is 2.72. The molecular formula is C11H14BrN3. The zero-order valence-corrected chi connectivity index (χ0v) is 10.0. The molecule has 1 aliphatic carbocycles. The van der Waals surface area contributed by atoms with Crippen molar-refractivity contribution in [1.82, 2.24) is 4.98 Å². The lowest BCUT2D eigenvalue weighted by Gasteiger charge is -2.20. The lowest BCUT2D eigenvalue weighted by molar-refractivity contribution is 0.644. The van der Waals surface area contributed by atoms with E-state index in [0.29, 0.717) is 0 Å². The van der Waals surface area contributed by atoms with Crippen LogP contribution in [0, 0.1) is 17.8 Å².